The molecule has 0 radical (unpaired) electrons. The van der Waals surface area contributed by atoms with E-state index >= 15 is 0 Å². The molecule has 2 fully saturated rings. The lowest BCUT2D eigenvalue weighted by Gasteiger charge is -2.44. The van der Waals surface area contributed by atoms with Crippen LogP contribution in [0.15, 0.2) is 18.3 Å². The fourth-order valence-electron chi connectivity index (χ4n) is 3.41. The summed E-state index contributed by atoms with van der Waals surface area (Å²) in [6, 6.07) is 4.69. The molecule has 2 aliphatic rings. The highest BCUT2D eigenvalue weighted by Crippen LogP contribution is 2.22. The van der Waals surface area contributed by atoms with E-state index in [4.69, 9.17) is 11.1 Å². The molecule has 5 nitrogen and oxygen atoms in total. The zero-order valence-corrected chi connectivity index (χ0v) is 11.9. The van der Waals surface area contributed by atoms with E-state index in [1.807, 2.05) is 12.1 Å². The number of aromatic nitrogens is 1. The van der Waals surface area contributed by atoms with Gasteiger partial charge in [-0.25, -0.2) is 0 Å². The molecular weight excluding hydrogens is 250 g/mol. The van der Waals surface area contributed by atoms with Crippen LogP contribution in [0.2, 0.25) is 0 Å². The Hall–Kier alpha value is -1.46. The van der Waals surface area contributed by atoms with E-state index in [-0.39, 0.29) is 5.84 Å². The van der Waals surface area contributed by atoms with Crippen molar-refractivity contribution in [1.29, 1.82) is 5.41 Å². The van der Waals surface area contributed by atoms with Crippen LogP contribution in [0.3, 0.4) is 0 Å². The van der Waals surface area contributed by atoms with Crippen LogP contribution in [-0.2, 0) is 6.54 Å². The highest BCUT2D eigenvalue weighted by Gasteiger charge is 2.29. The lowest BCUT2D eigenvalue weighted by molar-refractivity contribution is 0.0456. The third-order valence-electron chi connectivity index (χ3n) is 4.46. The van der Waals surface area contributed by atoms with Gasteiger partial charge in [0.25, 0.3) is 0 Å². The van der Waals surface area contributed by atoms with Crippen LogP contribution in [0, 0.1) is 5.41 Å². The van der Waals surface area contributed by atoms with Crippen molar-refractivity contribution in [1.82, 2.24) is 14.8 Å². The van der Waals surface area contributed by atoms with E-state index in [2.05, 4.69) is 14.8 Å². The summed E-state index contributed by atoms with van der Waals surface area (Å²) in [5, 5.41) is 7.63. The number of amidine groups is 1. The van der Waals surface area contributed by atoms with Gasteiger partial charge in [0.2, 0.25) is 0 Å². The molecule has 2 saturated heterocycles. The number of nitrogen functional groups attached to an aromatic ring is 1. The lowest BCUT2D eigenvalue weighted by Crippen LogP contribution is -2.54. The maximum absolute atomic E-state index is 7.63. The molecule has 0 bridgehead atoms. The number of rotatable bonds is 3. The largest absolute Gasteiger partial charge is 0.382 e. The van der Waals surface area contributed by atoms with Crippen molar-refractivity contribution < 1.29 is 0 Å². The molecular formula is C15H23N5. The molecule has 0 aromatic carbocycles. The Labute approximate surface area is 120 Å². The van der Waals surface area contributed by atoms with Gasteiger partial charge < -0.3 is 5.73 Å². The fraction of sp³-hybridized carbons (Fsp3) is 0.600. The highest BCUT2D eigenvalue weighted by molar-refractivity contribution is 5.94. The van der Waals surface area contributed by atoms with Crippen molar-refractivity contribution in [2.45, 2.75) is 31.8 Å². The van der Waals surface area contributed by atoms with Crippen LogP contribution in [0.25, 0.3) is 0 Å². The van der Waals surface area contributed by atoms with Gasteiger partial charge in [-0.2, -0.15) is 0 Å². The van der Waals surface area contributed by atoms with E-state index in [1.54, 1.807) is 6.20 Å². The summed E-state index contributed by atoms with van der Waals surface area (Å²) in [5.74, 6) is 0.0666. The number of pyridine rings is 1. The number of fused-ring (bicyclic) bond motifs is 1. The average Bonchev–Trinajstić information content (AvgIpc) is 2.47. The Morgan fingerprint density at radius 3 is 3.10 bits per heavy atom. The van der Waals surface area contributed by atoms with Crippen LogP contribution in [0.5, 0.6) is 0 Å². The lowest BCUT2D eigenvalue weighted by atomic mass is 9.99. The van der Waals surface area contributed by atoms with Gasteiger partial charge >= 0.3 is 0 Å². The van der Waals surface area contributed by atoms with Crippen molar-refractivity contribution in [3.63, 3.8) is 0 Å². The summed E-state index contributed by atoms with van der Waals surface area (Å²) in [6.45, 7) is 5.52. The average molecular weight is 273 g/mol. The second kappa shape index (κ2) is 5.89. The molecule has 1 aromatic rings. The third kappa shape index (κ3) is 2.83. The molecule has 108 valence electrons. The molecule has 1 atom stereocenters. The predicted octanol–water partition coefficient (Wildman–Crippen LogP) is 1.04. The first-order valence-electron chi connectivity index (χ1n) is 7.49. The molecule has 0 saturated carbocycles. The molecule has 2 aliphatic heterocycles. The zero-order valence-electron chi connectivity index (χ0n) is 11.9. The molecule has 20 heavy (non-hydrogen) atoms. The third-order valence-corrected chi connectivity index (χ3v) is 4.46. The molecule has 0 spiro atoms. The van der Waals surface area contributed by atoms with Gasteiger partial charge in [-0.15, -0.1) is 0 Å². The summed E-state index contributed by atoms with van der Waals surface area (Å²) in [6.07, 6.45) is 5.75. The predicted molar refractivity (Wildman–Crippen MR) is 79.7 cm³/mol. The van der Waals surface area contributed by atoms with Crippen LogP contribution in [0.4, 0.5) is 0 Å². The first-order valence-corrected chi connectivity index (χ1v) is 7.49. The number of nitrogens with zero attached hydrogens (tertiary/aromatic N) is 3. The van der Waals surface area contributed by atoms with Crippen molar-refractivity contribution in [3.8, 4) is 0 Å². The van der Waals surface area contributed by atoms with Gasteiger partial charge in [0.1, 0.15) is 11.5 Å². The van der Waals surface area contributed by atoms with Gasteiger partial charge in [0.05, 0.1) is 0 Å². The molecule has 0 aliphatic carbocycles. The maximum Gasteiger partial charge on any atom is 0.142 e. The number of nitrogens with two attached hydrogens (primary N) is 1. The van der Waals surface area contributed by atoms with Crippen LogP contribution >= 0.6 is 0 Å². The monoisotopic (exact) mass is 273 g/mol. The highest BCUT2D eigenvalue weighted by atomic mass is 15.3. The van der Waals surface area contributed by atoms with E-state index in [0.717, 1.165) is 31.2 Å². The molecule has 3 heterocycles. The molecule has 3 N–H and O–H groups in total. The number of piperazine rings is 1. The zero-order chi connectivity index (χ0) is 13.9. The van der Waals surface area contributed by atoms with Crippen molar-refractivity contribution in [2.24, 2.45) is 5.73 Å². The topological polar surface area (TPSA) is 69.2 Å². The quantitative estimate of drug-likeness (QED) is 0.637. The van der Waals surface area contributed by atoms with Gasteiger partial charge in [0, 0.05) is 38.4 Å². The van der Waals surface area contributed by atoms with Crippen LogP contribution < -0.4 is 5.73 Å². The normalized spacial score (nSPS) is 24.3. The Morgan fingerprint density at radius 1 is 1.35 bits per heavy atom. The second-order valence-electron chi connectivity index (χ2n) is 5.85. The number of hydrogen-bond acceptors (Lipinski definition) is 4. The molecule has 0 amide bonds. The number of nitrogens with one attached hydrogen (secondary N) is 1. The van der Waals surface area contributed by atoms with Gasteiger partial charge in [-0.1, -0.05) is 12.5 Å². The molecule has 1 unspecified atom stereocenters. The Kier molecular flexibility index (Phi) is 3.98. The first-order chi connectivity index (χ1) is 9.74. The summed E-state index contributed by atoms with van der Waals surface area (Å²) in [5.41, 5.74) is 7.33. The van der Waals surface area contributed by atoms with E-state index < -0.39 is 0 Å². The Balaban J connectivity index is 1.68. The summed E-state index contributed by atoms with van der Waals surface area (Å²) >= 11 is 0. The number of hydrogen-bond donors (Lipinski definition) is 2. The summed E-state index contributed by atoms with van der Waals surface area (Å²) in [7, 11) is 0. The van der Waals surface area contributed by atoms with E-state index in [0.29, 0.717) is 5.69 Å². The molecule has 3 rings (SSSR count). The minimum Gasteiger partial charge on any atom is -0.382 e. The van der Waals surface area contributed by atoms with E-state index in [9.17, 15) is 0 Å². The van der Waals surface area contributed by atoms with Crippen molar-refractivity contribution >= 4 is 5.84 Å². The SMILES string of the molecule is N=C(N)c1ncccc1CN1CCN2CCCCC2C1. The fourth-order valence-corrected chi connectivity index (χ4v) is 3.41. The van der Waals surface area contributed by atoms with Crippen molar-refractivity contribution in [3.05, 3.63) is 29.6 Å². The van der Waals surface area contributed by atoms with Gasteiger partial charge in [-0.05, 0) is 31.0 Å². The Bertz CT molecular complexity index is 487. The van der Waals surface area contributed by atoms with Crippen molar-refractivity contribution in [2.75, 3.05) is 26.2 Å². The minimum atomic E-state index is 0.0666. The summed E-state index contributed by atoms with van der Waals surface area (Å²) in [4.78, 5) is 9.35. The standard InChI is InChI=1S/C15H23N5/c16-15(17)14-12(4-3-6-18-14)10-19-8-9-20-7-2-1-5-13(20)11-19/h3-4,6,13H,1-2,5,7-11H2,(H3,16,17). The maximum atomic E-state index is 7.63. The first kappa shape index (κ1) is 13.5. The molecule has 5 heteroatoms. The Morgan fingerprint density at radius 2 is 2.25 bits per heavy atom. The smallest absolute Gasteiger partial charge is 0.142 e. The van der Waals surface area contributed by atoms with Gasteiger partial charge in [0.15, 0.2) is 0 Å². The second-order valence-corrected chi connectivity index (χ2v) is 5.85. The minimum absolute atomic E-state index is 0.0666. The summed E-state index contributed by atoms with van der Waals surface area (Å²) < 4.78 is 0. The van der Waals surface area contributed by atoms with Crippen LogP contribution in [0.1, 0.15) is 30.5 Å². The molecule has 1 aromatic heterocycles. The van der Waals surface area contributed by atoms with E-state index in [1.165, 1.54) is 32.4 Å². The van der Waals surface area contributed by atoms with Crippen LogP contribution in [-0.4, -0.2) is 52.8 Å². The van der Waals surface area contributed by atoms with Gasteiger partial charge in [-0.3, -0.25) is 20.2 Å². The number of piperidine rings is 1.